The van der Waals surface area contributed by atoms with Crippen molar-refractivity contribution < 1.29 is 0 Å². The third-order valence-electron chi connectivity index (χ3n) is 6.29. The van der Waals surface area contributed by atoms with Crippen molar-refractivity contribution in [3.63, 3.8) is 0 Å². The summed E-state index contributed by atoms with van der Waals surface area (Å²) in [6.07, 6.45) is 5.79. The molecule has 8 aromatic rings. The molecule has 0 atom stereocenters. The quantitative estimate of drug-likeness (QED) is 0.230. The number of fused-ring (bicyclic) bond motifs is 12. The van der Waals surface area contributed by atoms with Crippen molar-refractivity contribution in [2.45, 2.75) is 0 Å². The van der Waals surface area contributed by atoms with E-state index in [1.54, 1.807) is 0 Å². The molecule has 0 aliphatic rings. The van der Waals surface area contributed by atoms with Crippen molar-refractivity contribution >= 4 is 90.5 Å². The van der Waals surface area contributed by atoms with Crippen LogP contribution in [0.2, 0.25) is 0 Å². The summed E-state index contributed by atoms with van der Waals surface area (Å²) < 4.78 is 7.53. The molecular formula is C26H13N3S2. The van der Waals surface area contributed by atoms with Crippen LogP contribution in [0.1, 0.15) is 0 Å². The van der Waals surface area contributed by atoms with Gasteiger partial charge in [-0.1, -0.05) is 18.2 Å². The molecule has 0 aliphatic heterocycles. The van der Waals surface area contributed by atoms with E-state index < -0.39 is 0 Å². The van der Waals surface area contributed by atoms with Gasteiger partial charge >= 0.3 is 0 Å². The predicted octanol–water partition coefficient (Wildman–Crippen LogP) is 7.77. The standard InChI is InChI=1S/C26H13N3S2/c1-2-6-21-14(4-1)16-10-17-18-11-19-20(12-22(18)31-24(17)13-23(16)30-21)29-9-8-28-26(29)15-5-3-7-27-25(15)19/h1-13H. The highest BCUT2D eigenvalue weighted by atomic mass is 32.1. The Morgan fingerprint density at radius 3 is 2.26 bits per heavy atom. The predicted molar refractivity (Wildman–Crippen MR) is 134 cm³/mol. The van der Waals surface area contributed by atoms with Crippen molar-refractivity contribution in [3.8, 4) is 0 Å². The highest BCUT2D eigenvalue weighted by Gasteiger charge is 2.15. The van der Waals surface area contributed by atoms with E-state index in [2.05, 4.69) is 64.0 Å². The second-order valence-corrected chi connectivity index (χ2v) is 10.1. The first-order chi connectivity index (χ1) is 15.3. The molecule has 0 aliphatic carbocycles. The topological polar surface area (TPSA) is 30.2 Å². The van der Waals surface area contributed by atoms with Gasteiger partial charge in [-0.25, -0.2) is 4.98 Å². The molecule has 5 aromatic heterocycles. The summed E-state index contributed by atoms with van der Waals surface area (Å²) in [7, 11) is 0. The maximum absolute atomic E-state index is 4.74. The van der Waals surface area contributed by atoms with E-state index in [1.165, 1.54) is 45.7 Å². The molecule has 0 unspecified atom stereocenters. The summed E-state index contributed by atoms with van der Waals surface area (Å²) >= 11 is 3.75. The fourth-order valence-corrected chi connectivity index (χ4v) is 7.26. The molecule has 0 radical (unpaired) electrons. The van der Waals surface area contributed by atoms with E-state index in [-0.39, 0.29) is 0 Å². The van der Waals surface area contributed by atoms with Gasteiger partial charge in [0.15, 0.2) is 0 Å². The molecule has 0 saturated carbocycles. The van der Waals surface area contributed by atoms with Gasteiger partial charge < -0.3 is 0 Å². The highest BCUT2D eigenvalue weighted by Crippen LogP contribution is 2.43. The number of hydrogen-bond acceptors (Lipinski definition) is 4. The lowest BCUT2D eigenvalue weighted by Gasteiger charge is -2.08. The van der Waals surface area contributed by atoms with Gasteiger partial charge in [0, 0.05) is 69.7 Å². The van der Waals surface area contributed by atoms with Gasteiger partial charge in [-0.15, -0.1) is 22.7 Å². The van der Waals surface area contributed by atoms with E-state index in [4.69, 9.17) is 4.98 Å². The number of pyridine rings is 2. The van der Waals surface area contributed by atoms with Crippen LogP contribution in [0.5, 0.6) is 0 Å². The van der Waals surface area contributed by atoms with Crippen LogP contribution in [-0.4, -0.2) is 14.4 Å². The first-order valence-electron chi connectivity index (χ1n) is 10.2. The first-order valence-corrected chi connectivity index (χ1v) is 11.8. The summed E-state index contributed by atoms with van der Waals surface area (Å²) in [5.41, 5.74) is 3.13. The third kappa shape index (κ3) is 2.02. The van der Waals surface area contributed by atoms with Gasteiger partial charge in [-0.2, -0.15) is 0 Å². The number of imidazole rings is 1. The Balaban J connectivity index is 1.59. The zero-order valence-corrected chi connectivity index (χ0v) is 17.8. The van der Waals surface area contributed by atoms with Crippen LogP contribution in [0, 0.1) is 0 Å². The number of aromatic nitrogens is 3. The van der Waals surface area contributed by atoms with Gasteiger partial charge in [-0.05, 0) is 42.5 Å². The third-order valence-corrected chi connectivity index (χ3v) is 8.54. The lowest BCUT2D eigenvalue weighted by Crippen LogP contribution is -1.91. The molecule has 3 nitrogen and oxygen atoms in total. The second-order valence-electron chi connectivity index (χ2n) is 7.93. The number of hydrogen-bond donors (Lipinski definition) is 0. The van der Waals surface area contributed by atoms with Gasteiger partial charge in [0.2, 0.25) is 0 Å². The molecular weight excluding hydrogens is 418 g/mol. The molecule has 31 heavy (non-hydrogen) atoms. The van der Waals surface area contributed by atoms with Gasteiger partial charge in [-0.3, -0.25) is 9.38 Å². The van der Waals surface area contributed by atoms with Crippen LogP contribution in [0.15, 0.2) is 79.3 Å². The van der Waals surface area contributed by atoms with Crippen molar-refractivity contribution in [1.82, 2.24) is 14.4 Å². The van der Waals surface area contributed by atoms with Crippen molar-refractivity contribution in [1.29, 1.82) is 0 Å². The molecule has 0 spiro atoms. The van der Waals surface area contributed by atoms with Crippen molar-refractivity contribution in [2.75, 3.05) is 0 Å². The molecule has 0 N–H and O–H groups in total. The number of nitrogens with zero attached hydrogens (tertiary/aromatic N) is 3. The summed E-state index contributed by atoms with van der Waals surface area (Å²) in [6, 6.07) is 22.2. The summed E-state index contributed by atoms with van der Waals surface area (Å²) in [5.74, 6) is 0. The van der Waals surface area contributed by atoms with Crippen LogP contribution in [0.25, 0.3) is 67.8 Å². The summed E-state index contributed by atoms with van der Waals surface area (Å²) in [4.78, 5) is 9.35. The summed E-state index contributed by atoms with van der Waals surface area (Å²) in [5, 5.41) is 7.58. The van der Waals surface area contributed by atoms with Crippen molar-refractivity contribution in [3.05, 3.63) is 79.3 Å². The number of benzene rings is 3. The number of rotatable bonds is 0. The van der Waals surface area contributed by atoms with E-state index in [9.17, 15) is 0 Å². The summed E-state index contributed by atoms with van der Waals surface area (Å²) in [6.45, 7) is 0. The minimum Gasteiger partial charge on any atom is -0.299 e. The SMILES string of the molecule is c1ccc2c(c1)sc1cc3sc4cc5c(cc4c3cc12)c1ncccc1c1nccn51. The van der Waals surface area contributed by atoms with Gasteiger partial charge in [0.05, 0.1) is 11.0 Å². The maximum atomic E-state index is 4.74. The second kappa shape index (κ2) is 5.58. The fraction of sp³-hybridized carbons (Fsp3) is 0. The fourth-order valence-electron chi connectivity index (χ4n) is 4.92. The Morgan fingerprint density at radius 2 is 1.32 bits per heavy atom. The van der Waals surface area contributed by atoms with Crippen LogP contribution in [0.4, 0.5) is 0 Å². The van der Waals surface area contributed by atoms with Crippen LogP contribution < -0.4 is 0 Å². The van der Waals surface area contributed by atoms with Gasteiger partial charge in [0.25, 0.3) is 0 Å². The normalized spacial score (nSPS) is 12.5. The lowest BCUT2D eigenvalue weighted by atomic mass is 10.0. The monoisotopic (exact) mass is 431 g/mol. The average molecular weight is 432 g/mol. The smallest absolute Gasteiger partial charge is 0.146 e. The number of thiophene rings is 2. The first kappa shape index (κ1) is 16.2. The van der Waals surface area contributed by atoms with Crippen LogP contribution in [-0.2, 0) is 0 Å². The molecule has 3 aromatic carbocycles. The maximum Gasteiger partial charge on any atom is 0.146 e. The Morgan fingerprint density at radius 1 is 0.581 bits per heavy atom. The van der Waals surface area contributed by atoms with E-state index in [0.717, 1.165) is 22.1 Å². The van der Waals surface area contributed by atoms with E-state index >= 15 is 0 Å². The van der Waals surface area contributed by atoms with E-state index in [0.29, 0.717) is 0 Å². The molecule has 0 amide bonds. The Hall–Kier alpha value is -3.54. The Labute approximate surface area is 183 Å². The van der Waals surface area contributed by atoms with Gasteiger partial charge in [0.1, 0.15) is 5.65 Å². The molecule has 144 valence electrons. The highest BCUT2D eigenvalue weighted by molar-refractivity contribution is 7.28. The minimum atomic E-state index is 0.961. The molecule has 0 fully saturated rings. The Bertz CT molecular complexity index is 2010. The Kier molecular flexibility index (Phi) is 2.91. The largest absolute Gasteiger partial charge is 0.299 e. The van der Waals surface area contributed by atoms with E-state index in [1.807, 2.05) is 47.3 Å². The zero-order chi connectivity index (χ0) is 20.1. The average Bonchev–Trinajstić information content (AvgIpc) is 3.51. The zero-order valence-electron chi connectivity index (χ0n) is 16.2. The van der Waals surface area contributed by atoms with Crippen LogP contribution in [0.3, 0.4) is 0 Å². The molecule has 5 heterocycles. The molecule has 0 saturated heterocycles. The van der Waals surface area contributed by atoms with Crippen molar-refractivity contribution in [2.24, 2.45) is 0 Å². The lowest BCUT2D eigenvalue weighted by molar-refractivity contribution is 1.27. The molecule has 8 rings (SSSR count). The molecule has 5 heteroatoms. The minimum absolute atomic E-state index is 0.961. The van der Waals surface area contributed by atoms with Crippen LogP contribution >= 0.6 is 22.7 Å². The molecule has 0 bridgehead atoms.